The molecule has 1 unspecified atom stereocenters. The van der Waals surface area contributed by atoms with Crippen LogP contribution in [0.15, 0.2) is 12.7 Å². The molecule has 0 aromatic rings. The molecule has 0 aliphatic heterocycles. The molecule has 0 heterocycles. The summed E-state index contributed by atoms with van der Waals surface area (Å²) in [6.45, 7) is 5.66. The summed E-state index contributed by atoms with van der Waals surface area (Å²) in [6, 6.07) is 0. The molecule has 0 fully saturated rings. The summed E-state index contributed by atoms with van der Waals surface area (Å²) in [5.41, 5.74) is 0. The van der Waals surface area contributed by atoms with Crippen molar-refractivity contribution in [1.29, 1.82) is 0 Å². The number of alkyl carbamates (subject to hydrolysis) is 2. The molecule has 0 rings (SSSR count). The highest BCUT2D eigenvalue weighted by molar-refractivity contribution is 7.80. The summed E-state index contributed by atoms with van der Waals surface area (Å²) >= 11 is 4.13. The zero-order valence-electron chi connectivity index (χ0n) is 16.9. The number of nitrogens with one attached hydrogen (secondary N) is 2. The van der Waals surface area contributed by atoms with Crippen LogP contribution in [-0.2, 0) is 28.5 Å². The number of amides is 2. The molecule has 0 aromatic heterocycles. The fourth-order valence-corrected chi connectivity index (χ4v) is 2.09. The molecule has 0 bridgehead atoms. The van der Waals surface area contributed by atoms with E-state index in [1.165, 1.54) is 0 Å². The lowest BCUT2D eigenvalue weighted by Crippen LogP contribution is -2.32. The lowest BCUT2D eigenvalue weighted by atomic mass is 10.3. The van der Waals surface area contributed by atoms with E-state index in [9.17, 15) is 14.4 Å². The molecule has 0 saturated heterocycles. The Morgan fingerprint density at radius 2 is 1.72 bits per heavy atom. The van der Waals surface area contributed by atoms with Crippen LogP contribution in [0.3, 0.4) is 0 Å². The van der Waals surface area contributed by atoms with Crippen molar-refractivity contribution >= 4 is 30.8 Å². The molecule has 0 radical (unpaired) electrons. The third kappa shape index (κ3) is 17.8. The van der Waals surface area contributed by atoms with Crippen molar-refractivity contribution in [1.82, 2.24) is 10.6 Å². The van der Waals surface area contributed by atoms with Crippen LogP contribution in [0.1, 0.15) is 19.3 Å². The van der Waals surface area contributed by atoms with E-state index < -0.39 is 24.3 Å². The number of ether oxygens (including phenoxy) is 5. The molecule has 168 valence electrons. The summed E-state index contributed by atoms with van der Waals surface area (Å²) < 4.78 is 25.1. The van der Waals surface area contributed by atoms with Crippen LogP contribution in [0, 0.1) is 0 Å². The van der Waals surface area contributed by atoms with Crippen molar-refractivity contribution < 1.29 is 38.1 Å². The predicted octanol–water partition coefficient (Wildman–Crippen LogP) is 1.30. The zero-order chi connectivity index (χ0) is 21.7. The molecule has 0 aliphatic carbocycles. The summed E-state index contributed by atoms with van der Waals surface area (Å²) in [5.74, 6) is -0.177. The van der Waals surface area contributed by atoms with Crippen molar-refractivity contribution in [3.63, 3.8) is 0 Å². The van der Waals surface area contributed by atoms with E-state index in [0.29, 0.717) is 57.9 Å². The quantitative estimate of drug-likeness (QED) is 0.103. The van der Waals surface area contributed by atoms with Crippen LogP contribution in [0.25, 0.3) is 0 Å². The second kappa shape index (κ2) is 19.3. The smallest absolute Gasteiger partial charge is 0.407 e. The predicted molar refractivity (Wildman–Crippen MR) is 109 cm³/mol. The van der Waals surface area contributed by atoms with E-state index in [1.54, 1.807) is 7.11 Å². The van der Waals surface area contributed by atoms with Gasteiger partial charge in [0.25, 0.3) is 0 Å². The van der Waals surface area contributed by atoms with Crippen LogP contribution in [0.2, 0.25) is 0 Å². The van der Waals surface area contributed by atoms with Gasteiger partial charge in [-0.05, 0) is 12.8 Å². The number of carbonyl (C=O) groups is 3. The minimum atomic E-state index is -0.579. The van der Waals surface area contributed by atoms with E-state index in [1.807, 2.05) is 0 Å². The third-order valence-corrected chi connectivity index (χ3v) is 3.76. The van der Waals surface area contributed by atoms with E-state index in [0.717, 1.165) is 6.08 Å². The molecular formula is C18H32N2O8S. The first-order chi connectivity index (χ1) is 14.0. The van der Waals surface area contributed by atoms with E-state index in [4.69, 9.17) is 23.7 Å². The molecule has 29 heavy (non-hydrogen) atoms. The molecule has 0 aromatic carbocycles. The van der Waals surface area contributed by atoms with Gasteiger partial charge in [-0.2, -0.15) is 12.6 Å². The number of hydrogen-bond donors (Lipinski definition) is 3. The van der Waals surface area contributed by atoms with E-state index in [2.05, 4.69) is 29.8 Å². The lowest BCUT2D eigenvalue weighted by Gasteiger charge is -2.16. The molecule has 0 spiro atoms. The molecule has 10 nitrogen and oxygen atoms in total. The second-order valence-corrected chi connectivity index (χ2v) is 6.04. The van der Waals surface area contributed by atoms with Gasteiger partial charge < -0.3 is 34.3 Å². The maximum absolute atomic E-state index is 11.7. The molecule has 2 N–H and O–H groups in total. The van der Waals surface area contributed by atoms with Crippen molar-refractivity contribution in [2.75, 3.05) is 59.0 Å². The van der Waals surface area contributed by atoms with Gasteiger partial charge in [-0.25, -0.2) is 14.4 Å². The fraction of sp³-hybridized carbons (Fsp3) is 0.722. The SMILES string of the molecule is C=CC(=O)OCCCCNC(=O)OC(CS)CCOC(=O)NCCOCCOC. The number of unbranched alkanes of at least 4 members (excludes halogenated alkanes) is 1. The van der Waals surface area contributed by atoms with Gasteiger partial charge in [0.2, 0.25) is 0 Å². The molecule has 2 amide bonds. The molecule has 0 aliphatic rings. The standard InChI is InChI=1S/C18H32N2O8S/c1-3-16(21)26-9-5-4-7-19-18(23)28-15(14-29)6-10-27-17(22)20-8-11-25-13-12-24-2/h3,15,29H,1,4-14H2,2H3,(H,19,23)(H,20,22). The van der Waals surface area contributed by atoms with Crippen LogP contribution >= 0.6 is 12.6 Å². The van der Waals surface area contributed by atoms with Crippen LogP contribution in [-0.4, -0.2) is 83.2 Å². The van der Waals surface area contributed by atoms with Gasteiger partial charge >= 0.3 is 18.2 Å². The lowest BCUT2D eigenvalue weighted by molar-refractivity contribution is -0.137. The van der Waals surface area contributed by atoms with Gasteiger partial charge in [-0.3, -0.25) is 0 Å². The molecule has 11 heteroatoms. The highest BCUT2D eigenvalue weighted by Crippen LogP contribution is 2.03. The summed E-state index contributed by atoms with van der Waals surface area (Å²) in [6.07, 6.45) is 1.02. The largest absolute Gasteiger partial charge is 0.463 e. The Kier molecular flexibility index (Phi) is 18.0. The first-order valence-electron chi connectivity index (χ1n) is 9.35. The van der Waals surface area contributed by atoms with E-state index in [-0.39, 0.29) is 13.2 Å². The van der Waals surface area contributed by atoms with Gasteiger partial charge in [0.1, 0.15) is 6.10 Å². The first-order valence-corrected chi connectivity index (χ1v) is 9.98. The Labute approximate surface area is 177 Å². The van der Waals surface area contributed by atoms with Gasteiger partial charge in [0, 0.05) is 38.4 Å². The third-order valence-electron chi connectivity index (χ3n) is 3.35. The Morgan fingerprint density at radius 1 is 0.966 bits per heavy atom. The normalized spacial score (nSPS) is 11.2. The van der Waals surface area contributed by atoms with E-state index >= 15 is 0 Å². The number of esters is 1. The Bertz CT molecular complexity index is 479. The number of thiol groups is 1. The fourth-order valence-electron chi connectivity index (χ4n) is 1.83. The summed E-state index contributed by atoms with van der Waals surface area (Å²) in [4.78, 5) is 34.1. The van der Waals surface area contributed by atoms with Crippen LogP contribution in [0.4, 0.5) is 9.59 Å². The van der Waals surface area contributed by atoms with Crippen LogP contribution in [0.5, 0.6) is 0 Å². The van der Waals surface area contributed by atoms with Crippen molar-refractivity contribution in [3.05, 3.63) is 12.7 Å². The topological polar surface area (TPSA) is 121 Å². The highest BCUT2D eigenvalue weighted by atomic mass is 32.1. The minimum absolute atomic E-state index is 0.0868. The van der Waals surface area contributed by atoms with Gasteiger partial charge in [-0.1, -0.05) is 6.58 Å². The number of hydrogen-bond acceptors (Lipinski definition) is 9. The summed E-state index contributed by atoms with van der Waals surface area (Å²) in [5, 5.41) is 5.14. The number of methoxy groups -OCH3 is 1. The first kappa shape index (κ1) is 27.0. The highest BCUT2D eigenvalue weighted by Gasteiger charge is 2.13. The summed E-state index contributed by atoms with van der Waals surface area (Å²) in [7, 11) is 1.58. The average Bonchev–Trinajstić information content (AvgIpc) is 2.72. The Morgan fingerprint density at radius 3 is 2.41 bits per heavy atom. The van der Waals surface area contributed by atoms with Crippen LogP contribution < -0.4 is 10.6 Å². The zero-order valence-corrected chi connectivity index (χ0v) is 17.7. The maximum atomic E-state index is 11.7. The molecule has 1 atom stereocenters. The van der Waals surface area contributed by atoms with Gasteiger partial charge in [0.15, 0.2) is 0 Å². The monoisotopic (exact) mass is 436 g/mol. The minimum Gasteiger partial charge on any atom is -0.463 e. The Hall–Kier alpha value is -1.98. The number of carbonyl (C=O) groups excluding carboxylic acids is 3. The van der Waals surface area contributed by atoms with Crippen molar-refractivity contribution in [2.45, 2.75) is 25.4 Å². The van der Waals surface area contributed by atoms with Gasteiger partial charge in [-0.15, -0.1) is 0 Å². The van der Waals surface area contributed by atoms with Crippen molar-refractivity contribution in [3.8, 4) is 0 Å². The van der Waals surface area contributed by atoms with Gasteiger partial charge in [0.05, 0.1) is 33.0 Å². The number of rotatable bonds is 17. The molecule has 0 saturated carbocycles. The van der Waals surface area contributed by atoms with Crippen molar-refractivity contribution in [2.24, 2.45) is 0 Å². The molecular weight excluding hydrogens is 404 g/mol. The second-order valence-electron chi connectivity index (χ2n) is 5.67. The average molecular weight is 437 g/mol. The maximum Gasteiger partial charge on any atom is 0.407 e. The Balaban J connectivity index is 3.71.